The van der Waals surface area contributed by atoms with Gasteiger partial charge in [0.1, 0.15) is 11.3 Å². The van der Waals surface area contributed by atoms with Gasteiger partial charge in [0.2, 0.25) is 0 Å². The average molecular weight is 354 g/mol. The van der Waals surface area contributed by atoms with Crippen molar-refractivity contribution < 1.29 is 4.42 Å². The van der Waals surface area contributed by atoms with E-state index in [1.807, 2.05) is 36.7 Å². The molecule has 3 heteroatoms. The van der Waals surface area contributed by atoms with Gasteiger partial charge in [0.15, 0.2) is 0 Å². The zero-order valence-electron chi connectivity index (χ0n) is 15.1. The van der Waals surface area contributed by atoms with Gasteiger partial charge in [0.25, 0.3) is 0 Å². The van der Waals surface area contributed by atoms with E-state index in [1.54, 1.807) is 0 Å². The largest absolute Gasteiger partial charge is 0.459 e. The molecule has 3 nitrogen and oxygen atoms in total. The first-order valence-electron chi connectivity index (χ1n) is 9.51. The molecular formula is C24H22N2O. The molecule has 0 amide bonds. The van der Waals surface area contributed by atoms with Crippen molar-refractivity contribution in [3.63, 3.8) is 0 Å². The molecule has 134 valence electrons. The molecule has 1 N–H and O–H groups in total. The van der Waals surface area contributed by atoms with Crippen molar-refractivity contribution in [1.82, 2.24) is 10.3 Å². The van der Waals surface area contributed by atoms with Gasteiger partial charge in [0.05, 0.1) is 6.04 Å². The highest BCUT2D eigenvalue weighted by atomic mass is 16.3. The lowest BCUT2D eigenvalue weighted by molar-refractivity contribution is 0.448. The molecule has 2 aromatic heterocycles. The molecule has 0 spiro atoms. The van der Waals surface area contributed by atoms with Crippen molar-refractivity contribution in [2.75, 3.05) is 6.54 Å². The smallest absolute Gasteiger partial charge is 0.134 e. The van der Waals surface area contributed by atoms with E-state index in [0.29, 0.717) is 0 Å². The number of hydrogen-bond acceptors (Lipinski definition) is 3. The summed E-state index contributed by atoms with van der Waals surface area (Å²) in [5.41, 5.74) is 3.72. The van der Waals surface area contributed by atoms with Gasteiger partial charge < -0.3 is 9.73 Å². The average Bonchev–Trinajstić information content (AvgIpc) is 3.40. The fraction of sp³-hybridized carbons (Fsp3) is 0.208. The number of benzene rings is 2. The van der Waals surface area contributed by atoms with Gasteiger partial charge in [-0.15, -0.1) is 0 Å². The summed E-state index contributed by atoms with van der Waals surface area (Å²) in [6.45, 7) is 0.924. The minimum atomic E-state index is -0.00714. The van der Waals surface area contributed by atoms with Gasteiger partial charge in [-0.05, 0) is 42.2 Å². The summed E-state index contributed by atoms with van der Waals surface area (Å²) in [5, 5.41) is 4.91. The highest BCUT2D eigenvalue weighted by Crippen LogP contribution is 2.48. The number of rotatable bonds is 6. The Hall–Kier alpha value is -2.91. The molecule has 1 unspecified atom stereocenters. The molecule has 1 atom stereocenters. The summed E-state index contributed by atoms with van der Waals surface area (Å²) in [4.78, 5) is 4.32. The van der Waals surface area contributed by atoms with Crippen LogP contribution in [0, 0.1) is 0 Å². The van der Waals surface area contributed by atoms with E-state index in [2.05, 4.69) is 58.8 Å². The monoisotopic (exact) mass is 354 g/mol. The molecule has 1 aliphatic carbocycles. The number of nitrogens with zero attached hydrogens (tertiary/aromatic N) is 1. The summed E-state index contributed by atoms with van der Waals surface area (Å²) in [5.74, 6) is 0.938. The van der Waals surface area contributed by atoms with Crippen molar-refractivity contribution in [2.45, 2.75) is 24.3 Å². The number of para-hydroxylation sites is 1. The molecule has 0 saturated heterocycles. The van der Waals surface area contributed by atoms with E-state index >= 15 is 0 Å². The molecule has 1 saturated carbocycles. The lowest BCUT2D eigenvalue weighted by atomic mass is 9.95. The SMILES string of the molecule is c1ccc(C2(CNC(c3cccnc3)c3cc4ccccc4o3)CC2)cc1. The first kappa shape index (κ1) is 16.3. The molecule has 0 bridgehead atoms. The van der Waals surface area contributed by atoms with Gasteiger partial charge in [-0.3, -0.25) is 4.98 Å². The van der Waals surface area contributed by atoms with Crippen LogP contribution in [-0.2, 0) is 5.41 Å². The van der Waals surface area contributed by atoms with Crippen molar-refractivity contribution in [3.05, 3.63) is 102 Å². The summed E-state index contributed by atoms with van der Waals surface area (Å²) in [6, 6.07) is 25.2. The quantitative estimate of drug-likeness (QED) is 0.515. The first-order valence-corrected chi connectivity index (χ1v) is 9.51. The van der Waals surface area contributed by atoms with Crippen LogP contribution in [0.3, 0.4) is 0 Å². The van der Waals surface area contributed by atoms with Gasteiger partial charge in [-0.25, -0.2) is 0 Å². The van der Waals surface area contributed by atoms with Gasteiger partial charge in [0, 0.05) is 29.7 Å². The number of pyridine rings is 1. The van der Waals surface area contributed by atoms with Crippen LogP contribution in [0.1, 0.15) is 35.8 Å². The molecule has 2 heterocycles. The number of furan rings is 1. The Bertz CT molecular complexity index is 1000. The third kappa shape index (κ3) is 3.15. The third-order valence-electron chi connectivity index (χ3n) is 5.63. The topological polar surface area (TPSA) is 38.1 Å². The van der Waals surface area contributed by atoms with Crippen molar-refractivity contribution in [2.24, 2.45) is 0 Å². The van der Waals surface area contributed by atoms with E-state index in [4.69, 9.17) is 4.42 Å². The van der Waals surface area contributed by atoms with E-state index in [-0.39, 0.29) is 11.5 Å². The first-order chi connectivity index (χ1) is 13.3. The minimum absolute atomic E-state index is 0.00714. The van der Waals surface area contributed by atoms with E-state index in [9.17, 15) is 0 Å². The Labute approximate surface area is 159 Å². The molecule has 1 fully saturated rings. The molecule has 27 heavy (non-hydrogen) atoms. The molecule has 1 aliphatic rings. The molecule has 5 rings (SSSR count). The number of nitrogens with one attached hydrogen (secondary N) is 1. The highest BCUT2D eigenvalue weighted by molar-refractivity contribution is 5.78. The summed E-state index contributed by atoms with van der Waals surface area (Å²) in [6.07, 6.45) is 6.19. The van der Waals surface area contributed by atoms with Crippen LogP contribution in [0.4, 0.5) is 0 Å². The fourth-order valence-corrected chi connectivity index (χ4v) is 3.88. The Morgan fingerprint density at radius 3 is 2.52 bits per heavy atom. The predicted octanol–water partition coefficient (Wildman–Crippen LogP) is 5.24. The number of fused-ring (bicyclic) bond motifs is 1. The standard InChI is InChI=1S/C24H22N2O/c1-2-9-20(10-3-1)24(12-13-24)17-26-23(19-8-6-14-25-16-19)22-15-18-7-4-5-11-21(18)27-22/h1-11,14-16,23,26H,12-13,17H2. The number of aromatic nitrogens is 1. The molecule has 4 aromatic rings. The Morgan fingerprint density at radius 1 is 0.963 bits per heavy atom. The maximum atomic E-state index is 6.19. The zero-order chi connectivity index (χ0) is 18.1. The Kier molecular flexibility index (Phi) is 4.02. The van der Waals surface area contributed by atoms with Crippen LogP contribution in [0.15, 0.2) is 89.6 Å². The lowest BCUT2D eigenvalue weighted by Gasteiger charge is -2.22. The zero-order valence-corrected chi connectivity index (χ0v) is 15.1. The van der Waals surface area contributed by atoms with Crippen molar-refractivity contribution in [3.8, 4) is 0 Å². The normalized spacial score (nSPS) is 16.3. The molecule has 0 radical (unpaired) electrons. The highest BCUT2D eigenvalue weighted by Gasteiger charge is 2.44. The van der Waals surface area contributed by atoms with Gasteiger partial charge in [-0.1, -0.05) is 54.6 Å². The van der Waals surface area contributed by atoms with Crippen LogP contribution in [0.25, 0.3) is 11.0 Å². The lowest BCUT2D eigenvalue weighted by Crippen LogP contribution is -2.31. The van der Waals surface area contributed by atoms with Crippen LogP contribution in [0.5, 0.6) is 0 Å². The van der Waals surface area contributed by atoms with E-state index < -0.39 is 0 Å². The van der Waals surface area contributed by atoms with E-state index in [1.165, 1.54) is 18.4 Å². The maximum Gasteiger partial charge on any atom is 0.134 e. The number of hydrogen-bond donors (Lipinski definition) is 1. The van der Waals surface area contributed by atoms with Crippen LogP contribution in [0.2, 0.25) is 0 Å². The molecular weight excluding hydrogens is 332 g/mol. The van der Waals surface area contributed by atoms with Crippen LogP contribution >= 0.6 is 0 Å². The molecule has 0 aliphatic heterocycles. The minimum Gasteiger partial charge on any atom is -0.459 e. The summed E-state index contributed by atoms with van der Waals surface area (Å²) < 4.78 is 6.19. The van der Waals surface area contributed by atoms with E-state index in [0.717, 1.165) is 28.8 Å². The summed E-state index contributed by atoms with van der Waals surface area (Å²) >= 11 is 0. The maximum absolute atomic E-state index is 6.19. The third-order valence-corrected chi connectivity index (χ3v) is 5.63. The van der Waals surface area contributed by atoms with Crippen LogP contribution < -0.4 is 5.32 Å². The summed E-state index contributed by atoms with van der Waals surface area (Å²) in [7, 11) is 0. The van der Waals surface area contributed by atoms with Crippen molar-refractivity contribution >= 4 is 11.0 Å². The predicted molar refractivity (Wildman–Crippen MR) is 108 cm³/mol. The Balaban J connectivity index is 1.46. The van der Waals surface area contributed by atoms with Gasteiger partial charge in [-0.2, -0.15) is 0 Å². The second kappa shape index (κ2) is 6.67. The van der Waals surface area contributed by atoms with Gasteiger partial charge >= 0.3 is 0 Å². The second-order valence-corrected chi connectivity index (χ2v) is 7.43. The molecule has 2 aromatic carbocycles. The fourth-order valence-electron chi connectivity index (χ4n) is 3.88. The second-order valence-electron chi connectivity index (χ2n) is 7.43. The Morgan fingerprint density at radius 2 is 1.78 bits per heavy atom. The van der Waals surface area contributed by atoms with Crippen LogP contribution in [-0.4, -0.2) is 11.5 Å². The van der Waals surface area contributed by atoms with Crippen molar-refractivity contribution in [1.29, 1.82) is 0 Å².